The third-order valence-corrected chi connectivity index (χ3v) is 3.27. The second-order valence-electron chi connectivity index (χ2n) is 4.44. The van der Waals surface area contributed by atoms with Gasteiger partial charge >= 0.3 is 0 Å². The van der Waals surface area contributed by atoms with Gasteiger partial charge in [-0.25, -0.2) is 0 Å². The number of nitrogens with two attached hydrogens (primary N) is 1. The van der Waals surface area contributed by atoms with Gasteiger partial charge in [-0.3, -0.25) is 4.79 Å². The number of ether oxygens (including phenoxy) is 1. The van der Waals surface area contributed by atoms with Crippen LogP contribution in [0.4, 0.5) is 5.69 Å². The average molecular weight is 234 g/mol. The van der Waals surface area contributed by atoms with Crippen molar-refractivity contribution in [2.75, 3.05) is 12.8 Å². The molecule has 0 heterocycles. The molecule has 1 aromatic carbocycles. The number of hydrogen-bond donors (Lipinski definition) is 2. The van der Waals surface area contributed by atoms with Gasteiger partial charge in [0.05, 0.1) is 12.7 Å². The van der Waals surface area contributed by atoms with Gasteiger partial charge in [0, 0.05) is 17.8 Å². The summed E-state index contributed by atoms with van der Waals surface area (Å²) in [6, 6.07) is 5.44. The third-order valence-electron chi connectivity index (χ3n) is 3.27. The van der Waals surface area contributed by atoms with Crippen LogP contribution in [0.25, 0.3) is 0 Å². The molecule has 0 saturated heterocycles. The fourth-order valence-electron chi connectivity index (χ4n) is 2.00. The van der Waals surface area contributed by atoms with E-state index in [9.17, 15) is 4.79 Å². The first-order valence-corrected chi connectivity index (χ1v) is 5.90. The quantitative estimate of drug-likeness (QED) is 0.781. The van der Waals surface area contributed by atoms with Gasteiger partial charge in [0.1, 0.15) is 5.75 Å². The molecule has 0 aromatic heterocycles. The number of anilines is 1. The number of rotatable bonds is 4. The van der Waals surface area contributed by atoms with Crippen LogP contribution in [0.15, 0.2) is 18.2 Å². The van der Waals surface area contributed by atoms with E-state index in [2.05, 4.69) is 12.2 Å². The fraction of sp³-hybridized carbons (Fsp3) is 0.462. The molecular formula is C13H18N2O2. The van der Waals surface area contributed by atoms with Gasteiger partial charge in [0.15, 0.2) is 0 Å². The molecule has 2 rings (SSSR count). The van der Waals surface area contributed by atoms with E-state index in [-0.39, 0.29) is 5.91 Å². The number of amides is 1. The summed E-state index contributed by atoms with van der Waals surface area (Å²) < 4.78 is 5.05. The zero-order chi connectivity index (χ0) is 12.4. The molecule has 0 radical (unpaired) electrons. The highest BCUT2D eigenvalue weighted by molar-refractivity contribution is 5.99. The second kappa shape index (κ2) is 4.65. The molecule has 1 aliphatic rings. The van der Waals surface area contributed by atoms with Gasteiger partial charge in [-0.1, -0.05) is 13.3 Å². The number of methoxy groups -OCH3 is 1. The summed E-state index contributed by atoms with van der Waals surface area (Å²) in [6.07, 6.45) is 2.20. The molecule has 17 heavy (non-hydrogen) atoms. The van der Waals surface area contributed by atoms with Crippen LogP contribution in [0.1, 0.15) is 30.1 Å². The minimum Gasteiger partial charge on any atom is -0.497 e. The lowest BCUT2D eigenvalue weighted by Crippen LogP contribution is -2.27. The predicted molar refractivity (Wildman–Crippen MR) is 67.1 cm³/mol. The molecule has 2 atom stereocenters. The van der Waals surface area contributed by atoms with Crippen molar-refractivity contribution in [3.05, 3.63) is 23.8 Å². The largest absolute Gasteiger partial charge is 0.497 e. The average Bonchev–Trinajstić information content (AvgIpc) is 3.07. The minimum atomic E-state index is -0.0916. The van der Waals surface area contributed by atoms with Crippen molar-refractivity contribution in [1.29, 1.82) is 0 Å². The highest BCUT2D eigenvalue weighted by Gasteiger charge is 2.36. The highest BCUT2D eigenvalue weighted by atomic mass is 16.5. The fourth-order valence-corrected chi connectivity index (χ4v) is 2.00. The zero-order valence-electron chi connectivity index (χ0n) is 10.2. The first-order valence-electron chi connectivity index (χ1n) is 5.90. The van der Waals surface area contributed by atoms with Gasteiger partial charge in [0.25, 0.3) is 5.91 Å². The molecule has 3 N–H and O–H groups in total. The van der Waals surface area contributed by atoms with E-state index in [0.29, 0.717) is 29.0 Å². The molecule has 1 saturated carbocycles. The predicted octanol–water partition coefficient (Wildman–Crippen LogP) is 1.81. The summed E-state index contributed by atoms with van der Waals surface area (Å²) in [5, 5.41) is 2.99. The Bertz CT molecular complexity index is 431. The van der Waals surface area contributed by atoms with Crippen molar-refractivity contribution in [3.8, 4) is 5.75 Å². The summed E-state index contributed by atoms with van der Waals surface area (Å²) in [7, 11) is 1.57. The highest BCUT2D eigenvalue weighted by Crippen LogP contribution is 2.33. The molecule has 4 heteroatoms. The Labute approximate surface area is 101 Å². The van der Waals surface area contributed by atoms with Crippen LogP contribution in [0, 0.1) is 5.92 Å². The van der Waals surface area contributed by atoms with E-state index in [1.54, 1.807) is 25.3 Å². The molecule has 1 fully saturated rings. The van der Waals surface area contributed by atoms with Crippen molar-refractivity contribution in [2.24, 2.45) is 5.92 Å². The molecular weight excluding hydrogens is 216 g/mol. The maximum atomic E-state index is 11.9. The van der Waals surface area contributed by atoms with Crippen molar-refractivity contribution >= 4 is 11.6 Å². The van der Waals surface area contributed by atoms with Crippen LogP contribution >= 0.6 is 0 Å². The zero-order valence-corrected chi connectivity index (χ0v) is 10.2. The summed E-state index contributed by atoms with van der Waals surface area (Å²) in [4.78, 5) is 11.9. The smallest absolute Gasteiger partial charge is 0.253 e. The Morgan fingerprint density at radius 1 is 1.59 bits per heavy atom. The third kappa shape index (κ3) is 2.52. The molecule has 0 bridgehead atoms. The maximum absolute atomic E-state index is 11.9. The monoisotopic (exact) mass is 234 g/mol. The van der Waals surface area contributed by atoms with Gasteiger partial charge < -0.3 is 15.8 Å². The molecule has 0 spiro atoms. The SMILES string of the molecule is CCC1CC1NC(=O)c1ccc(OC)cc1N. The Morgan fingerprint density at radius 2 is 2.35 bits per heavy atom. The van der Waals surface area contributed by atoms with E-state index in [1.807, 2.05) is 0 Å². The Hall–Kier alpha value is -1.71. The number of carbonyl (C=O) groups is 1. The van der Waals surface area contributed by atoms with Crippen LogP contribution in [0.5, 0.6) is 5.75 Å². The topological polar surface area (TPSA) is 64.3 Å². The lowest BCUT2D eigenvalue weighted by Gasteiger charge is -2.08. The van der Waals surface area contributed by atoms with Gasteiger partial charge in [-0.2, -0.15) is 0 Å². The van der Waals surface area contributed by atoms with Crippen LogP contribution in [0.2, 0.25) is 0 Å². The summed E-state index contributed by atoms with van der Waals surface area (Å²) in [6.45, 7) is 2.14. The normalized spacial score (nSPS) is 22.0. The molecule has 2 unspecified atom stereocenters. The maximum Gasteiger partial charge on any atom is 0.253 e. The molecule has 92 valence electrons. The summed E-state index contributed by atoms with van der Waals surface area (Å²) in [5.74, 6) is 1.21. The number of nitrogens with one attached hydrogen (secondary N) is 1. The Balaban J connectivity index is 2.04. The van der Waals surface area contributed by atoms with E-state index in [4.69, 9.17) is 10.5 Å². The van der Waals surface area contributed by atoms with Gasteiger partial charge in [-0.15, -0.1) is 0 Å². The van der Waals surface area contributed by atoms with Crippen LogP contribution in [-0.2, 0) is 0 Å². The molecule has 0 aliphatic heterocycles. The first kappa shape index (κ1) is 11.8. The van der Waals surface area contributed by atoms with Crippen LogP contribution in [-0.4, -0.2) is 19.1 Å². The first-order chi connectivity index (χ1) is 8.15. The van der Waals surface area contributed by atoms with Crippen molar-refractivity contribution in [2.45, 2.75) is 25.8 Å². The van der Waals surface area contributed by atoms with E-state index >= 15 is 0 Å². The number of hydrogen-bond acceptors (Lipinski definition) is 3. The summed E-state index contributed by atoms with van der Waals surface area (Å²) in [5.41, 5.74) is 6.80. The number of nitrogen functional groups attached to an aromatic ring is 1. The van der Waals surface area contributed by atoms with Crippen molar-refractivity contribution < 1.29 is 9.53 Å². The molecule has 4 nitrogen and oxygen atoms in total. The van der Waals surface area contributed by atoms with Gasteiger partial charge in [0.2, 0.25) is 0 Å². The van der Waals surface area contributed by atoms with Crippen molar-refractivity contribution in [3.63, 3.8) is 0 Å². The van der Waals surface area contributed by atoms with Crippen LogP contribution in [0.3, 0.4) is 0 Å². The lowest BCUT2D eigenvalue weighted by atomic mass is 10.1. The van der Waals surface area contributed by atoms with E-state index in [1.165, 1.54) is 0 Å². The number of carbonyl (C=O) groups excluding carboxylic acids is 1. The summed E-state index contributed by atoms with van der Waals surface area (Å²) >= 11 is 0. The Kier molecular flexibility index (Phi) is 3.22. The molecule has 1 aliphatic carbocycles. The van der Waals surface area contributed by atoms with Gasteiger partial charge in [-0.05, 0) is 24.5 Å². The van der Waals surface area contributed by atoms with E-state index < -0.39 is 0 Å². The second-order valence-corrected chi connectivity index (χ2v) is 4.44. The molecule has 1 aromatic rings. The lowest BCUT2D eigenvalue weighted by molar-refractivity contribution is 0.0950. The van der Waals surface area contributed by atoms with E-state index in [0.717, 1.165) is 12.8 Å². The minimum absolute atomic E-state index is 0.0916. The standard InChI is InChI=1S/C13H18N2O2/c1-3-8-6-12(8)15-13(16)10-5-4-9(17-2)7-11(10)14/h4-5,7-8,12H,3,6,14H2,1-2H3,(H,15,16). The molecule has 1 amide bonds. The Morgan fingerprint density at radius 3 is 2.88 bits per heavy atom. The van der Waals surface area contributed by atoms with Crippen LogP contribution < -0.4 is 15.8 Å². The number of benzene rings is 1. The van der Waals surface area contributed by atoms with Crippen molar-refractivity contribution in [1.82, 2.24) is 5.32 Å².